The van der Waals surface area contributed by atoms with Crippen molar-refractivity contribution in [2.45, 2.75) is 19.9 Å². The summed E-state index contributed by atoms with van der Waals surface area (Å²) in [5.41, 5.74) is 1.93. The Hall–Kier alpha value is -2.47. The van der Waals surface area contributed by atoms with Crippen molar-refractivity contribution in [2.24, 2.45) is 5.41 Å². The molecule has 27 heavy (non-hydrogen) atoms. The van der Waals surface area contributed by atoms with Crippen LogP contribution in [0.5, 0.6) is 23.0 Å². The van der Waals surface area contributed by atoms with E-state index in [1.165, 1.54) is 5.56 Å². The molecule has 2 aromatic carbocycles. The van der Waals surface area contributed by atoms with E-state index in [0.717, 1.165) is 16.4 Å². The van der Waals surface area contributed by atoms with Crippen LogP contribution in [-0.4, -0.2) is 33.4 Å². The molecule has 144 valence electrons. The van der Waals surface area contributed by atoms with Crippen molar-refractivity contribution in [1.29, 1.82) is 0 Å². The van der Waals surface area contributed by atoms with Crippen LogP contribution in [0, 0.1) is 5.41 Å². The van der Waals surface area contributed by atoms with E-state index >= 15 is 0 Å². The lowest BCUT2D eigenvalue weighted by Gasteiger charge is -2.56. The van der Waals surface area contributed by atoms with Gasteiger partial charge in [0.05, 0.1) is 39.5 Å². The lowest BCUT2D eigenvalue weighted by atomic mass is 9.71. The monoisotopic (exact) mass is 387 g/mol. The number of nitrogens with zero attached hydrogens (tertiary/aromatic N) is 1. The van der Waals surface area contributed by atoms with E-state index in [1.54, 1.807) is 28.4 Å². The van der Waals surface area contributed by atoms with Gasteiger partial charge in [-0.3, -0.25) is 0 Å². The maximum Gasteiger partial charge on any atom is 0.203 e. The van der Waals surface area contributed by atoms with Gasteiger partial charge in [0.2, 0.25) is 5.75 Å². The second-order valence-corrected chi connectivity index (χ2v) is 7.34. The highest BCUT2D eigenvalue weighted by molar-refractivity contribution is 7.80. The molecule has 6 heteroatoms. The first kappa shape index (κ1) is 19.3. The van der Waals surface area contributed by atoms with E-state index < -0.39 is 0 Å². The van der Waals surface area contributed by atoms with Crippen LogP contribution in [0.25, 0.3) is 0 Å². The van der Waals surface area contributed by atoms with Crippen molar-refractivity contribution < 1.29 is 18.9 Å². The summed E-state index contributed by atoms with van der Waals surface area (Å²) in [6.45, 7) is 4.33. The molecule has 1 atom stereocenters. The number of rotatable bonds is 6. The van der Waals surface area contributed by atoms with Crippen molar-refractivity contribution in [3.8, 4) is 23.0 Å². The molecule has 0 N–H and O–H groups in total. The lowest BCUT2D eigenvalue weighted by molar-refractivity contribution is 0.322. The van der Waals surface area contributed by atoms with Gasteiger partial charge in [-0.25, -0.2) is 0 Å². The number of hydrogen-bond donors (Lipinski definition) is 0. The zero-order valence-electron chi connectivity index (χ0n) is 16.5. The second kappa shape index (κ2) is 7.27. The Morgan fingerprint density at radius 1 is 0.852 bits per heavy atom. The van der Waals surface area contributed by atoms with Gasteiger partial charge in [-0.15, -0.1) is 0 Å². The Morgan fingerprint density at radius 3 is 1.85 bits per heavy atom. The van der Waals surface area contributed by atoms with Crippen LogP contribution in [0.4, 0.5) is 5.69 Å². The van der Waals surface area contributed by atoms with Crippen LogP contribution in [0.2, 0.25) is 0 Å². The smallest absolute Gasteiger partial charge is 0.203 e. The highest BCUT2D eigenvalue weighted by Crippen LogP contribution is 2.54. The van der Waals surface area contributed by atoms with Crippen LogP contribution in [0.1, 0.15) is 25.5 Å². The third kappa shape index (κ3) is 3.08. The molecule has 1 heterocycles. The summed E-state index contributed by atoms with van der Waals surface area (Å²) in [4.78, 5) is 3.01. The zero-order valence-corrected chi connectivity index (χ0v) is 17.3. The molecule has 1 saturated heterocycles. The van der Waals surface area contributed by atoms with Crippen molar-refractivity contribution >= 4 is 22.9 Å². The van der Waals surface area contributed by atoms with Crippen LogP contribution < -0.4 is 23.8 Å². The van der Waals surface area contributed by atoms with Gasteiger partial charge in [-0.05, 0) is 17.7 Å². The van der Waals surface area contributed by atoms with Gasteiger partial charge < -0.3 is 23.8 Å². The fraction of sp³-hybridized carbons (Fsp3) is 0.381. The number of thiocarbonyl (C=S) groups is 1. The van der Waals surface area contributed by atoms with E-state index in [2.05, 4.69) is 30.9 Å². The standard InChI is InChI=1S/C21H25NO4S/c1-21(2)19(13-7-9-15(23-3)10-8-13)22(20(21)27)14-11-16(24-4)18(26-6)17(12-14)25-5/h7-12,19H,1-6H3. The summed E-state index contributed by atoms with van der Waals surface area (Å²) in [6, 6.07) is 12.1. The Kier molecular flexibility index (Phi) is 5.20. The van der Waals surface area contributed by atoms with Gasteiger partial charge in [0.15, 0.2) is 11.5 Å². The normalized spacial score (nSPS) is 17.9. The molecule has 1 aliphatic heterocycles. The topological polar surface area (TPSA) is 40.2 Å². The van der Waals surface area contributed by atoms with Crippen molar-refractivity contribution in [3.05, 3.63) is 42.0 Å². The number of ether oxygens (including phenoxy) is 4. The van der Waals surface area contributed by atoms with Gasteiger partial charge >= 0.3 is 0 Å². The minimum Gasteiger partial charge on any atom is -0.497 e. The van der Waals surface area contributed by atoms with E-state index in [4.69, 9.17) is 31.2 Å². The SMILES string of the molecule is COc1ccc(C2N(c3cc(OC)c(OC)c(OC)c3)C(=S)C2(C)C)cc1. The quantitative estimate of drug-likeness (QED) is 0.673. The Labute approximate surface area is 165 Å². The van der Waals surface area contributed by atoms with Crippen molar-refractivity contribution in [1.82, 2.24) is 0 Å². The van der Waals surface area contributed by atoms with E-state index in [-0.39, 0.29) is 11.5 Å². The number of benzene rings is 2. The molecule has 0 aromatic heterocycles. The molecule has 0 radical (unpaired) electrons. The predicted molar refractivity (Wildman–Crippen MR) is 111 cm³/mol. The highest BCUT2D eigenvalue weighted by atomic mass is 32.1. The molecule has 5 nitrogen and oxygen atoms in total. The zero-order chi connectivity index (χ0) is 19.8. The van der Waals surface area contributed by atoms with Crippen molar-refractivity contribution in [2.75, 3.05) is 33.3 Å². The van der Waals surface area contributed by atoms with Crippen LogP contribution in [0.15, 0.2) is 36.4 Å². The number of hydrogen-bond acceptors (Lipinski definition) is 5. The first-order valence-corrected chi connectivity index (χ1v) is 9.07. The Bertz CT molecular complexity index is 823. The summed E-state index contributed by atoms with van der Waals surface area (Å²) in [6.07, 6.45) is 0. The van der Waals surface area contributed by atoms with E-state index in [1.807, 2.05) is 24.3 Å². The van der Waals surface area contributed by atoms with Crippen LogP contribution in [0.3, 0.4) is 0 Å². The minimum absolute atomic E-state index is 0.0960. The van der Waals surface area contributed by atoms with Gasteiger partial charge in [-0.1, -0.05) is 38.2 Å². The fourth-order valence-electron chi connectivity index (χ4n) is 3.63. The molecule has 2 aromatic rings. The molecular weight excluding hydrogens is 362 g/mol. The summed E-state index contributed by atoms with van der Waals surface area (Å²) in [7, 11) is 6.48. The largest absolute Gasteiger partial charge is 0.497 e. The second-order valence-electron chi connectivity index (χ2n) is 6.96. The third-order valence-electron chi connectivity index (χ3n) is 5.07. The van der Waals surface area contributed by atoms with Gasteiger partial charge in [-0.2, -0.15) is 0 Å². The molecular formula is C21H25NO4S. The molecule has 1 unspecified atom stereocenters. The average molecular weight is 388 g/mol. The molecule has 0 saturated carbocycles. The average Bonchev–Trinajstić information content (AvgIpc) is 2.70. The first-order chi connectivity index (χ1) is 12.9. The van der Waals surface area contributed by atoms with E-state index in [9.17, 15) is 0 Å². The summed E-state index contributed by atoms with van der Waals surface area (Å²) >= 11 is 5.76. The maximum atomic E-state index is 5.76. The highest BCUT2D eigenvalue weighted by Gasteiger charge is 2.52. The molecule has 1 aliphatic rings. The maximum absolute atomic E-state index is 5.76. The van der Waals surface area contributed by atoms with Crippen molar-refractivity contribution in [3.63, 3.8) is 0 Å². The van der Waals surface area contributed by atoms with Gasteiger partial charge in [0, 0.05) is 23.2 Å². The van der Waals surface area contributed by atoms with E-state index in [0.29, 0.717) is 17.2 Å². The minimum atomic E-state index is -0.148. The lowest BCUT2D eigenvalue weighted by Crippen LogP contribution is -2.60. The van der Waals surface area contributed by atoms with Crippen LogP contribution in [-0.2, 0) is 0 Å². The summed E-state index contributed by atoms with van der Waals surface area (Å²) in [5, 5.41) is 0. The molecule has 0 spiro atoms. The Balaban J connectivity index is 2.07. The number of methoxy groups -OCH3 is 4. The molecule has 0 aliphatic carbocycles. The first-order valence-electron chi connectivity index (χ1n) is 8.66. The molecule has 1 fully saturated rings. The summed E-state index contributed by atoms with van der Waals surface area (Å²) in [5.74, 6) is 2.61. The molecule has 3 rings (SSSR count). The predicted octanol–water partition coefficient (Wildman–Crippen LogP) is 4.64. The van der Waals surface area contributed by atoms with Gasteiger partial charge in [0.25, 0.3) is 0 Å². The molecule has 0 bridgehead atoms. The van der Waals surface area contributed by atoms with Gasteiger partial charge in [0.1, 0.15) is 5.75 Å². The Morgan fingerprint density at radius 2 is 1.41 bits per heavy atom. The third-order valence-corrected chi connectivity index (χ3v) is 5.79. The van der Waals surface area contributed by atoms with Crippen LogP contribution >= 0.6 is 12.2 Å². The fourth-order valence-corrected chi connectivity index (χ4v) is 3.95. The molecule has 0 amide bonds. The number of anilines is 1. The summed E-state index contributed by atoms with van der Waals surface area (Å²) < 4.78 is 21.7.